The summed E-state index contributed by atoms with van der Waals surface area (Å²) in [6.07, 6.45) is 0. The Balaban J connectivity index is 0.000000845. The van der Waals surface area contributed by atoms with Crippen molar-refractivity contribution in [2.24, 2.45) is 5.73 Å². The Hall–Kier alpha value is -1.06. The maximum Gasteiger partial charge on any atom is 0.258 e. The lowest BCUT2D eigenvalue weighted by atomic mass is 10.2. The average molecular weight is 214 g/mol. The number of thiophene rings is 1. The van der Waals surface area contributed by atoms with E-state index in [-0.39, 0.29) is 18.3 Å². The van der Waals surface area contributed by atoms with Gasteiger partial charge in [-0.3, -0.25) is 4.79 Å². The van der Waals surface area contributed by atoms with Gasteiger partial charge in [-0.25, -0.2) is 0 Å². The van der Waals surface area contributed by atoms with Gasteiger partial charge < -0.3 is 5.73 Å². The summed E-state index contributed by atoms with van der Waals surface area (Å²) in [5, 5.41) is 1.08. The molecule has 0 spiro atoms. The molecule has 0 unspecified atom stereocenters. The number of amides is 1. The zero-order valence-electron chi connectivity index (χ0n) is 6.69. The fourth-order valence-corrected chi connectivity index (χ4v) is 2.02. The first kappa shape index (κ1) is 10.0. The van der Waals surface area contributed by atoms with Crippen molar-refractivity contribution in [1.82, 2.24) is 0 Å². The van der Waals surface area contributed by atoms with Gasteiger partial charge in [0.1, 0.15) is 0 Å². The second kappa shape index (κ2) is 3.77. The highest BCUT2D eigenvalue weighted by molar-refractivity contribution is 7.20. The highest BCUT2D eigenvalue weighted by Crippen LogP contribution is 2.24. The first-order chi connectivity index (χ1) is 5.77. The van der Waals surface area contributed by atoms with Gasteiger partial charge in [-0.1, -0.05) is 18.2 Å². The standard InChI is InChI=1S/C9H7NOS.ClH/c10-9(11)8-5-6-3-1-2-4-7(6)12-8;/h1-5H,(H2,10,11);1H. The van der Waals surface area contributed by atoms with E-state index in [4.69, 9.17) is 5.73 Å². The first-order valence-corrected chi connectivity index (χ1v) is 4.37. The number of carbonyl (C=O) groups excluding carboxylic acids is 1. The molecule has 2 N–H and O–H groups in total. The number of hydrogen-bond donors (Lipinski definition) is 1. The van der Waals surface area contributed by atoms with Crippen molar-refractivity contribution in [2.75, 3.05) is 0 Å². The molecule has 2 rings (SSSR count). The van der Waals surface area contributed by atoms with E-state index in [1.54, 1.807) is 0 Å². The van der Waals surface area contributed by atoms with Gasteiger partial charge in [0.15, 0.2) is 0 Å². The van der Waals surface area contributed by atoms with Crippen LogP contribution in [0.15, 0.2) is 30.3 Å². The summed E-state index contributed by atoms with van der Waals surface area (Å²) in [7, 11) is 0. The zero-order valence-corrected chi connectivity index (χ0v) is 8.32. The van der Waals surface area contributed by atoms with Crippen molar-refractivity contribution in [3.05, 3.63) is 35.2 Å². The van der Waals surface area contributed by atoms with Crippen LogP contribution in [0.1, 0.15) is 9.67 Å². The fourth-order valence-electron chi connectivity index (χ4n) is 1.10. The quantitative estimate of drug-likeness (QED) is 0.777. The summed E-state index contributed by atoms with van der Waals surface area (Å²) in [5.41, 5.74) is 5.15. The van der Waals surface area contributed by atoms with E-state index in [1.165, 1.54) is 11.3 Å². The molecule has 0 fully saturated rings. The Morgan fingerprint density at radius 2 is 2.00 bits per heavy atom. The second-order valence-corrected chi connectivity index (χ2v) is 3.60. The molecule has 0 radical (unpaired) electrons. The molecule has 2 aromatic rings. The van der Waals surface area contributed by atoms with E-state index in [1.807, 2.05) is 30.3 Å². The summed E-state index contributed by atoms with van der Waals surface area (Å²) in [4.78, 5) is 11.4. The Morgan fingerprint density at radius 1 is 1.31 bits per heavy atom. The molecule has 13 heavy (non-hydrogen) atoms. The number of halogens is 1. The number of nitrogens with two attached hydrogens (primary N) is 1. The maximum absolute atomic E-state index is 10.8. The van der Waals surface area contributed by atoms with Crippen LogP contribution in [-0.4, -0.2) is 5.91 Å². The normalized spacial score (nSPS) is 9.54. The van der Waals surface area contributed by atoms with Crippen LogP contribution in [0.25, 0.3) is 10.1 Å². The molecule has 0 bridgehead atoms. The van der Waals surface area contributed by atoms with Crippen molar-refractivity contribution in [3.63, 3.8) is 0 Å². The van der Waals surface area contributed by atoms with Crippen molar-refractivity contribution < 1.29 is 4.79 Å². The van der Waals surface area contributed by atoms with Crippen LogP contribution in [-0.2, 0) is 0 Å². The van der Waals surface area contributed by atoms with Crippen LogP contribution < -0.4 is 5.73 Å². The molecule has 0 atom stereocenters. The molecule has 0 saturated carbocycles. The van der Waals surface area contributed by atoms with Gasteiger partial charge in [-0.2, -0.15) is 0 Å². The third-order valence-electron chi connectivity index (χ3n) is 1.67. The molecule has 1 aromatic heterocycles. The third kappa shape index (κ3) is 1.82. The molecule has 0 saturated heterocycles. The molecule has 0 aliphatic rings. The van der Waals surface area contributed by atoms with Crippen LogP contribution in [0.3, 0.4) is 0 Å². The van der Waals surface area contributed by atoms with E-state index in [0.29, 0.717) is 4.88 Å². The predicted molar refractivity (Wildman–Crippen MR) is 57.6 cm³/mol. The smallest absolute Gasteiger partial charge is 0.258 e. The number of benzene rings is 1. The molecule has 0 aliphatic heterocycles. The van der Waals surface area contributed by atoms with Crippen LogP contribution in [0.2, 0.25) is 0 Å². The van der Waals surface area contributed by atoms with E-state index >= 15 is 0 Å². The Bertz CT molecular complexity index is 405. The summed E-state index contributed by atoms with van der Waals surface area (Å²) in [5.74, 6) is -0.351. The zero-order chi connectivity index (χ0) is 8.55. The van der Waals surface area contributed by atoms with Crippen LogP contribution in [0.5, 0.6) is 0 Å². The minimum Gasteiger partial charge on any atom is -0.365 e. The lowest BCUT2D eigenvalue weighted by Gasteiger charge is -1.82. The molecule has 1 aromatic carbocycles. The Kier molecular flexibility index (Phi) is 2.90. The molecular formula is C9H8ClNOS. The second-order valence-electron chi connectivity index (χ2n) is 2.51. The number of carbonyl (C=O) groups is 1. The van der Waals surface area contributed by atoms with Crippen molar-refractivity contribution in [2.45, 2.75) is 0 Å². The van der Waals surface area contributed by atoms with Gasteiger partial charge in [-0.05, 0) is 17.5 Å². The molecule has 0 aliphatic carbocycles. The number of hydrogen-bond acceptors (Lipinski definition) is 2. The van der Waals surface area contributed by atoms with E-state index in [9.17, 15) is 4.79 Å². The van der Waals surface area contributed by atoms with E-state index in [2.05, 4.69) is 0 Å². The van der Waals surface area contributed by atoms with E-state index in [0.717, 1.165) is 10.1 Å². The average Bonchev–Trinajstić information content (AvgIpc) is 2.46. The number of primary amides is 1. The van der Waals surface area contributed by atoms with Gasteiger partial charge in [-0.15, -0.1) is 23.7 Å². The molecule has 4 heteroatoms. The lowest BCUT2D eigenvalue weighted by Crippen LogP contribution is -2.07. The summed E-state index contributed by atoms with van der Waals surface area (Å²) < 4.78 is 1.10. The molecule has 1 heterocycles. The maximum atomic E-state index is 10.8. The van der Waals surface area contributed by atoms with E-state index < -0.39 is 0 Å². The van der Waals surface area contributed by atoms with Crippen LogP contribution in [0, 0.1) is 0 Å². The van der Waals surface area contributed by atoms with Crippen molar-refractivity contribution >= 4 is 39.7 Å². The third-order valence-corrected chi connectivity index (χ3v) is 2.80. The highest BCUT2D eigenvalue weighted by atomic mass is 35.5. The van der Waals surface area contributed by atoms with Crippen molar-refractivity contribution in [3.8, 4) is 0 Å². The molecule has 68 valence electrons. The van der Waals surface area contributed by atoms with Gasteiger partial charge in [0.2, 0.25) is 0 Å². The SMILES string of the molecule is Cl.NC(=O)c1cc2ccccc2s1. The lowest BCUT2D eigenvalue weighted by molar-refractivity contribution is 0.100. The molecular weight excluding hydrogens is 206 g/mol. The van der Waals surface area contributed by atoms with Gasteiger partial charge in [0.25, 0.3) is 5.91 Å². The highest BCUT2D eigenvalue weighted by Gasteiger charge is 2.04. The fraction of sp³-hybridized carbons (Fsp3) is 0. The van der Waals surface area contributed by atoms with Gasteiger partial charge in [0, 0.05) is 4.70 Å². The van der Waals surface area contributed by atoms with Crippen LogP contribution >= 0.6 is 23.7 Å². The monoisotopic (exact) mass is 213 g/mol. The number of rotatable bonds is 1. The largest absolute Gasteiger partial charge is 0.365 e. The minimum absolute atomic E-state index is 0. The summed E-state index contributed by atoms with van der Waals surface area (Å²) >= 11 is 1.43. The first-order valence-electron chi connectivity index (χ1n) is 3.56. The molecule has 2 nitrogen and oxygen atoms in total. The summed E-state index contributed by atoms with van der Waals surface area (Å²) in [6.45, 7) is 0. The predicted octanol–water partition coefficient (Wildman–Crippen LogP) is 2.42. The Labute approximate surface area is 85.8 Å². The topological polar surface area (TPSA) is 43.1 Å². The summed E-state index contributed by atoms with van der Waals surface area (Å²) in [6, 6.07) is 9.66. The van der Waals surface area contributed by atoms with Gasteiger partial charge >= 0.3 is 0 Å². The number of fused-ring (bicyclic) bond motifs is 1. The van der Waals surface area contributed by atoms with Crippen molar-refractivity contribution in [1.29, 1.82) is 0 Å². The minimum atomic E-state index is -0.351. The Morgan fingerprint density at radius 3 is 2.62 bits per heavy atom. The molecule has 1 amide bonds. The van der Waals surface area contributed by atoms with Crippen LogP contribution in [0.4, 0.5) is 0 Å². The van der Waals surface area contributed by atoms with Gasteiger partial charge in [0.05, 0.1) is 4.88 Å².